The van der Waals surface area contributed by atoms with Crippen LogP contribution in [0.15, 0.2) is 11.8 Å². The first-order chi connectivity index (χ1) is 10.8. The molecule has 1 rings (SSSR count). The molecule has 0 aromatic rings. The molecule has 0 bridgehead atoms. The minimum atomic E-state index is -4.17. The number of amides is 1. The summed E-state index contributed by atoms with van der Waals surface area (Å²) in [5.41, 5.74) is 0.577. The smallest absolute Gasteiger partial charge is 0.330 e. The molecule has 1 aliphatic carbocycles. The fourth-order valence-corrected chi connectivity index (χ4v) is 2.61. The molecule has 0 unspecified atom stereocenters. The van der Waals surface area contributed by atoms with Crippen LogP contribution < -0.4 is 5.32 Å². The first-order valence-electron chi connectivity index (χ1n) is 7.92. The third-order valence-corrected chi connectivity index (χ3v) is 3.99. The maximum Gasteiger partial charge on any atom is 0.391 e. The maximum atomic E-state index is 12.6. The van der Waals surface area contributed by atoms with Crippen LogP contribution in [-0.2, 0) is 9.63 Å². The molecule has 1 fully saturated rings. The molecule has 0 heterocycles. The first kappa shape index (κ1) is 19.4. The van der Waals surface area contributed by atoms with Gasteiger partial charge in [-0.3, -0.25) is 4.79 Å². The molecule has 0 radical (unpaired) electrons. The topological polar surface area (TPSA) is 58.4 Å². The second-order valence-electron chi connectivity index (χ2n) is 5.60. The Morgan fingerprint density at radius 2 is 1.87 bits per heavy atom. The number of nitrogens with one attached hydrogen (secondary N) is 1. The van der Waals surface area contributed by atoms with Crippen LogP contribution in [-0.4, -0.2) is 30.2 Å². The fourth-order valence-electron chi connectivity index (χ4n) is 2.61. The van der Waals surface area contributed by atoms with E-state index in [9.17, 15) is 22.9 Å². The lowest BCUT2D eigenvalue weighted by Gasteiger charge is -2.29. The summed E-state index contributed by atoms with van der Waals surface area (Å²) in [7, 11) is 0. The predicted molar refractivity (Wildman–Crippen MR) is 78.1 cm³/mol. The Labute approximate surface area is 133 Å². The van der Waals surface area contributed by atoms with Crippen molar-refractivity contribution in [3.63, 3.8) is 0 Å². The van der Waals surface area contributed by atoms with Gasteiger partial charge in [0.2, 0.25) is 10.8 Å². The number of alkyl halides is 3. The first-order valence-corrected chi connectivity index (χ1v) is 7.92. The summed E-state index contributed by atoms with van der Waals surface area (Å²) in [4.78, 5) is 28.5. The summed E-state index contributed by atoms with van der Waals surface area (Å²) in [5, 5.41) is 2.71. The zero-order valence-electron chi connectivity index (χ0n) is 13.5. The second kappa shape index (κ2) is 8.88. The van der Waals surface area contributed by atoms with E-state index in [2.05, 4.69) is 5.32 Å². The molecule has 1 N–H and O–H groups in total. The van der Waals surface area contributed by atoms with Crippen molar-refractivity contribution in [3.8, 4) is 0 Å². The molecule has 5 nitrogen and oxygen atoms in total. The Bertz CT molecular complexity index is 442. The number of hydrogen-bond acceptors (Lipinski definition) is 3. The quantitative estimate of drug-likeness (QED) is 0.724. The van der Waals surface area contributed by atoms with Gasteiger partial charge < -0.3 is 5.32 Å². The van der Waals surface area contributed by atoms with Crippen LogP contribution in [0.4, 0.5) is 13.2 Å². The number of rotatable bonds is 7. The summed E-state index contributed by atoms with van der Waals surface area (Å²) in [6.45, 7) is 3.75. The highest BCUT2D eigenvalue weighted by molar-refractivity contribution is 5.80. The Morgan fingerprint density at radius 1 is 1.26 bits per heavy atom. The van der Waals surface area contributed by atoms with Gasteiger partial charge in [-0.2, -0.15) is 13.2 Å². The normalized spacial score (nSPS) is 22.6. The molecule has 132 valence electrons. The van der Waals surface area contributed by atoms with Gasteiger partial charge in [0.05, 0.1) is 10.8 Å². The van der Waals surface area contributed by atoms with Gasteiger partial charge in [0.1, 0.15) is 0 Å². The number of halogens is 3. The molecule has 0 spiro atoms. The molecule has 0 aromatic heterocycles. The van der Waals surface area contributed by atoms with E-state index >= 15 is 0 Å². The molecule has 1 saturated carbocycles. The summed E-state index contributed by atoms with van der Waals surface area (Å²) < 4.78 is 37.9. The molecule has 1 amide bonds. The summed E-state index contributed by atoms with van der Waals surface area (Å²) in [6, 6.07) is 0. The molecule has 0 aliphatic heterocycles. The minimum absolute atomic E-state index is 0.00849. The van der Waals surface area contributed by atoms with Crippen LogP contribution in [0.5, 0.6) is 0 Å². The van der Waals surface area contributed by atoms with Crippen LogP contribution in [0.1, 0.15) is 46.0 Å². The monoisotopic (exact) mass is 337 g/mol. The van der Waals surface area contributed by atoms with Crippen molar-refractivity contribution < 1.29 is 27.7 Å². The molecular weight excluding hydrogens is 313 g/mol. The SMILES string of the molecule is CCO[N+](=O)C/C=C(/CC)NC(=O)C1CCC(C(F)(F)F)CC1. The highest BCUT2D eigenvalue weighted by Gasteiger charge is 2.42. The molecule has 23 heavy (non-hydrogen) atoms. The highest BCUT2D eigenvalue weighted by Crippen LogP contribution is 2.39. The van der Waals surface area contributed by atoms with E-state index in [4.69, 9.17) is 4.84 Å². The van der Waals surface area contributed by atoms with Gasteiger partial charge in [-0.05, 0) is 39.0 Å². The van der Waals surface area contributed by atoms with Gasteiger partial charge >= 0.3 is 6.18 Å². The Morgan fingerprint density at radius 3 is 2.35 bits per heavy atom. The molecule has 0 aromatic carbocycles. The number of carbonyl (C=O) groups is 1. The van der Waals surface area contributed by atoms with E-state index in [1.165, 1.54) is 0 Å². The van der Waals surface area contributed by atoms with Crippen molar-refractivity contribution in [2.75, 3.05) is 13.2 Å². The van der Waals surface area contributed by atoms with E-state index in [-0.39, 0.29) is 44.7 Å². The fraction of sp³-hybridized carbons (Fsp3) is 0.800. The lowest BCUT2D eigenvalue weighted by molar-refractivity contribution is -0.796. The van der Waals surface area contributed by atoms with Crippen molar-refractivity contribution in [1.82, 2.24) is 5.32 Å². The standard InChI is InChI=1S/C15H23F3N2O3/c1-3-13(9-10-20(22)23-4-2)19-14(21)11-5-7-12(8-6-11)15(16,17)18/h9,11-12H,3-8,10H2,1-2H3/p+1/b13-9-. The van der Waals surface area contributed by atoms with Crippen molar-refractivity contribution in [3.05, 3.63) is 16.7 Å². The van der Waals surface area contributed by atoms with Crippen molar-refractivity contribution in [2.24, 2.45) is 11.8 Å². The predicted octanol–water partition coefficient (Wildman–Crippen LogP) is 3.50. The second-order valence-corrected chi connectivity index (χ2v) is 5.60. The number of nitrogens with zero attached hydrogens (tertiary/aromatic N) is 1. The van der Waals surface area contributed by atoms with Crippen LogP contribution in [0, 0.1) is 16.7 Å². The van der Waals surface area contributed by atoms with Gasteiger partial charge in [0.15, 0.2) is 6.61 Å². The van der Waals surface area contributed by atoms with Gasteiger partial charge in [-0.25, -0.2) is 4.84 Å². The number of carbonyl (C=O) groups excluding carboxylic acids is 1. The number of hydrogen-bond donors (Lipinski definition) is 1. The van der Waals surface area contributed by atoms with Gasteiger partial charge in [0, 0.05) is 17.7 Å². The van der Waals surface area contributed by atoms with E-state index in [1.807, 2.05) is 6.92 Å². The average molecular weight is 337 g/mol. The van der Waals surface area contributed by atoms with E-state index in [0.717, 1.165) is 0 Å². The molecule has 0 atom stereocenters. The lowest BCUT2D eigenvalue weighted by Crippen LogP contribution is -2.35. The van der Waals surface area contributed by atoms with Crippen molar-refractivity contribution in [1.29, 1.82) is 0 Å². The van der Waals surface area contributed by atoms with Gasteiger partial charge in [-0.15, -0.1) is 0 Å². The average Bonchev–Trinajstić information content (AvgIpc) is 2.50. The van der Waals surface area contributed by atoms with Crippen LogP contribution in [0.25, 0.3) is 0 Å². The lowest BCUT2D eigenvalue weighted by atomic mass is 9.81. The van der Waals surface area contributed by atoms with Crippen LogP contribution in [0.3, 0.4) is 0 Å². The van der Waals surface area contributed by atoms with Crippen molar-refractivity contribution >= 4 is 5.91 Å². The Hall–Kier alpha value is -1.60. The zero-order chi connectivity index (χ0) is 17.5. The van der Waals surface area contributed by atoms with Gasteiger partial charge in [0.25, 0.3) is 6.54 Å². The Balaban J connectivity index is 2.48. The molecular formula is C15H24F3N2O3+. The zero-order valence-corrected chi connectivity index (χ0v) is 13.5. The Kier molecular flexibility index (Phi) is 7.51. The number of allylic oxidation sites excluding steroid dienone is 1. The summed E-state index contributed by atoms with van der Waals surface area (Å²) in [5.74, 6) is -1.97. The molecule has 8 heteroatoms. The van der Waals surface area contributed by atoms with Crippen LogP contribution >= 0.6 is 0 Å². The summed E-state index contributed by atoms with van der Waals surface area (Å²) in [6.07, 6.45) is -1.64. The van der Waals surface area contributed by atoms with E-state index < -0.39 is 18.0 Å². The highest BCUT2D eigenvalue weighted by atomic mass is 19.4. The third kappa shape index (κ3) is 6.58. The molecule has 0 saturated heterocycles. The maximum absolute atomic E-state index is 12.6. The van der Waals surface area contributed by atoms with E-state index in [1.54, 1.807) is 13.0 Å². The largest absolute Gasteiger partial charge is 0.391 e. The minimum Gasteiger partial charge on any atom is -0.330 e. The van der Waals surface area contributed by atoms with Crippen LogP contribution in [0.2, 0.25) is 0 Å². The molecule has 1 aliphatic rings. The van der Waals surface area contributed by atoms with Gasteiger partial charge in [-0.1, -0.05) is 6.92 Å². The summed E-state index contributed by atoms with van der Waals surface area (Å²) >= 11 is 0. The van der Waals surface area contributed by atoms with Crippen molar-refractivity contribution in [2.45, 2.75) is 52.1 Å². The third-order valence-electron chi connectivity index (χ3n) is 3.99. The van der Waals surface area contributed by atoms with E-state index in [0.29, 0.717) is 17.0 Å².